The van der Waals surface area contributed by atoms with Gasteiger partial charge in [0, 0.05) is 42.2 Å². The van der Waals surface area contributed by atoms with E-state index < -0.39 is 0 Å². The topological polar surface area (TPSA) is 17.8 Å². The zero-order valence-electron chi connectivity index (χ0n) is 24.1. The number of hydrogen-bond acceptors (Lipinski definition) is 3. The second-order valence-corrected chi connectivity index (χ2v) is 13.7. The summed E-state index contributed by atoms with van der Waals surface area (Å²) in [5.41, 5.74) is 8.32. The maximum absolute atomic E-state index is 5.28. The van der Waals surface area contributed by atoms with Crippen LogP contribution in [0.2, 0.25) is 0 Å². The smallest absolute Gasteiger partial charge is 0.124 e. The Morgan fingerprint density at radius 2 is 1.18 bits per heavy atom. The largest absolute Gasteiger partial charge is 0.309 e. The quantitative estimate of drug-likeness (QED) is 0.195. The molecule has 10 rings (SSSR count). The van der Waals surface area contributed by atoms with Crippen molar-refractivity contribution in [3.8, 4) is 27.4 Å². The van der Waals surface area contributed by atoms with Crippen LogP contribution in [-0.2, 0) is 0 Å². The van der Waals surface area contributed by atoms with Gasteiger partial charge in [0.1, 0.15) is 5.01 Å². The number of aromatic nitrogens is 2. The van der Waals surface area contributed by atoms with E-state index in [1.807, 2.05) is 11.3 Å². The van der Waals surface area contributed by atoms with Crippen LogP contribution >= 0.6 is 22.7 Å². The Hall–Kier alpha value is -5.29. The molecule has 45 heavy (non-hydrogen) atoms. The highest BCUT2D eigenvalue weighted by molar-refractivity contribution is 7.26. The van der Waals surface area contributed by atoms with Gasteiger partial charge >= 0.3 is 0 Å². The maximum Gasteiger partial charge on any atom is 0.124 e. The highest BCUT2D eigenvalue weighted by atomic mass is 32.1. The molecule has 0 N–H and O–H groups in total. The summed E-state index contributed by atoms with van der Waals surface area (Å²) < 4.78 is 6.20. The van der Waals surface area contributed by atoms with Crippen LogP contribution < -0.4 is 0 Å². The van der Waals surface area contributed by atoms with Gasteiger partial charge in [-0.25, -0.2) is 4.98 Å². The second-order valence-electron chi connectivity index (χ2n) is 11.6. The molecular weight excluding hydrogens is 585 g/mol. The first-order chi connectivity index (χ1) is 22.3. The number of thiazole rings is 1. The second kappa shape index (κ2) is 9.60. The van der Waals surface area contributed by atoms with Gasteiger partial charge in [-0.05, 0) is 82.6 Å². The molecular formula is C41H24N2S2. The molecule has 0 spiro atoms. The Morgan fingerprint density at radius 3 is 2.07 bits per heavy atom. The van der Waals surface area contributed by atoms with E-state index in [1.165, 1.54) is 68.6 Å². The lowest BCUT2D eigenvalue weighted by Crippen LogP contribution is -1.93. The standard InChI is InChI=1S/C41H24N2S2/c1-2-8-25(9-3-1)28-17-21-35-32(24-28)39-36(44-35)22-23-37-40(39)42-41(45-37)27-14-18-29(19-15-27)43-33-13-7-6-12-31(33)38-30-11-5-4-10-26(30)16-20-34(38)43/h1-24H. The number of nitrogens with zero attached hydrogens (tertiary/aromatic N) is 2. The van der Waals surface area contributed by atoms with E-state index in [1.54, 1.807) is 11.3 Å². The van der Waals surface area contributed by atoms with Crippen molar-refractivity contribution in [1.82, 2.24) is 9.55 Å². The van der Waals surface area contributed by atoms with E-state index in [4.69, 9.17) is 4.98 Å². The van der Waals surface area contributed by atoms with Crippen molar-refractivity contribution in [3.63, 3.8) is 0 Å². The van der Waals surface area contributed by atoms with Crippen LogP contribution in [0.4, 0.5) is 0 Å². The van der Waals surface area contributed by atoms with Crippen molar-refractivity contribution in [2.24, 2.45) is 0 Å². The highest BCUT2D eigenvalue weighted by Crippen LogP contribution is 2.43. The third kappa shape index (κ3) is 3.77. The summed E-state index contributed by atoms with van der Waals surface area (Å²) in [5.74, 6) is 0. The molecule has 3 aromatic heterocycles. The molecule has 0 aliphatic heterocycles. The maximum atomic E-state index is 5.28. The molecule has 0 aliphatic carbocycles. The summed E-state index contributed by atoms with van der Waals surface area (Å²) in [7, 11) is 0. The molecule has 0 fully saturated rings. The molecule has 3 heterocycles. The first-order valence-corrected chi connectivity index (χ1v) is 16.8. The summed E-state index contributed by atoms with van der Waals surface area (Å²) in [6, 6.07) is 52.8. The Labute approximate surface area is 267 Å². The van der Waals surface area contributed by atoms with Gasteiger partial charge in [0.2, 0.25) is 0 Å². The number of hydrogen-bond donors (Lipinski definition) is 0. The number of rotatable bonds is 3. The lowest BCUT2D eigenvalue weighted by molar-refractivity contribution is 1.18. The molecule has 0 atom stereocenters. The summed E-state index contributed by atoms with van der Waals surface area (Å²) in [6.45, 7) is 0. The molecule has 7 aromatic carbocycles. The van der Waals surface area contributed by atoms with Crippen molar-refractivity contribution >= 4 is 85.6 Å². The monoisotopic (exact) mass is 608 g/mol. The minimum Gasteiger partial charge on any atom is -0.309 e. The average molecular weight is 609 g/mol. The molecule has 0 bridgehead atoms. The summed E-state index contributed by atoms with van der Waals surface area (Å²) >= 11 is 3.62. The summed E-state index contributed by atoms with van der Waals surface area (Å²) in [4.78, 5) is 5.28. The van der Waals surface area contributed by atoms with E-state index in [2.05, 4.69) is 150 Å². The van der Waals surface area contributed by atoms with Gasteiger partial charge in [-0.2, -0.15) is 0 Å². The van der Waals surface area contributed by atoms with Gasteiger partial charge < -0.3 is 4.57 Å². The van der Waals surface area contributed by atoms with Gasteiger partial charge in [-0.3, -0.25) is 0 Å². The third-order valence-electron chi connectivity index (χ3n) is 9.03. The fourth-order valence-corrected chi connectivity index (χ4v) is 9.03. The van der Waals surface area contributed by atoms with Gasteiger partial charge in [0.15, 0.2) is 0 Å². The van der Waals surface area contributed by atoms with E-state index in [-0.39, 0.29) is 0 Å². The van der Waals surface area contributed by atoms with E-state index in [0.717, 1.165) is 21.8 Å². The van der Waals surface area contributed by atoms with Crippen LogP contribution in [0.5, 0.6) is 0 Å². The highest BCUT2D eigenvalue weighted by Gasteiger charge is 2.17. The van der Waals surface area contributed by atoms with Gasteiger partial charge in [-0.1, -0.05) is 84.9 Å². The lowest BCUT2D eigenvalue weighted by atomic mass is 10.0. The first-order valence-electron chi connectivity index (χ1n) is 15.1. The van der Waals surface area contributed by atoms with E-state index in [0.29, 0.717) is 0 Å². The number of para-hydroxylation sites is 1. The predicted molar refractivity (Wildman–Crippen MR) is 195 cm³/mol. The molecule has 0 amide bonds. The number of benzene rings is 7. The third-order valence-corrected chi connectivity index (χ3v) is 11.2. The molecule has 0 radical (unpaired) electrons. The van der Waals surface area contributed by atoms with Crippen molar-refractivity contribution in [2.75, 3.05) is 0 Å². The molecule has 0 aliphatic rings. The van der Waals surface area contributed by atoms with Gasteiger partial charge in [0.25, 0.3) is 0 Å². The molecule has 4 heteroatoms. The van der Waals surface area contributed by atoms with Crippen LogP contribution in [0.3, 0.4) is 0 Å². The van der Waals surface area contributed by atoms with Crippen LogP contribution in [0.1, 0.15) is 0 Å². The Kier molecular flexibility index (Phi) is 5.35. The normalized spacial score (nSPS) is 12.0. The minimum atomic E-state index is 1.05. The Bertz CT molecular complexity index is 2750. The fourth-order valence-electron chi connectivity index (χ4n) is 6.96. The predicted octanol–water partition coefficient (Wildman–Crippen LogP) is 12.2. The minimum absolute atomic E-state index is 1.05. The molecule has 210 valence electrons. The van der Waals surface area contributed by atoms with Crippen molar-refractivity contribution in [3.05, 3.63) is 146 Å². The lowest BCUT2D eigenvalue weighted by Gasteiger charge is -2.09. The van der Waals surface area contributed by atoms with Crippen molar-refractivity contribution < 1.29 is 0 Å². The number of fused-ring (bicyclic) bond motifs is 10. The SMILES string of the molecule is c1ccc(-c2ccc3sc4ccc5sc(-c6ccc(-n7c8ccccc8c8c9ccccc9ccc87)cc6)nc5c4c3c2)cc1. The molecule has 0 saturated carbocycles. The molecule has 2 nitrogen and oxygen atoms in total. The van der Waals surface area contributed by atoms with E-state index >= 15 is 0 Å². The summed E-state index contributed by atoms with van der Waals surface area (Å²) in [6.07, 6.45) is 0. The van der Waals surface area contributed by atoms with Crippen LogP contribution in [0, 0.1) is 0 Å². The van der Waals surface area contributed by atoms with E-state index in [9.17, 15) is 0 Å². The average Bonchev–Trinajstić information content (AvgIpc) is 3.80. The van der Waals surface area contributed by atoms with Crippen LogP contribution in [0.25, 0.3) is 90.4 Å². The van der Waals surface area contributed by atoms with Crippen LogP contribution in [-0.4, -0.2) is 9.55 Å². The Morgan fingerprint density at radius 1 is 0.444 bits per heavy atom. The number of thiophene rings is 1. The fraction of sp³-hybridized carbons (Fsp3) is 0. The molecule has 0 saturated heterocycles. The zero-order chi connectivity index (χ0) is 29.5. The van der Waals surface area contributed by atoms with Crippen LogP contribution in [0.15, 0.2) is 146 Å². The summed E-state index contributed by atoms with van der Waals surface area (Å²) in [5, 5.41) is 8.75. The van der Waals surface area contributed by atoms with Crippen molar-refractivity contribution in [1.29, 1.82) is 0 Å². The zero-order valence-corrected chi connectivity index (χ0v) is 25.7. The van der Waals surface area contributed by atoms with Crippen molar-refractivity contribution in [2.45, 2.75) is 0 Å². The first kappa shape index (κ1) is 25.1. The molecule has 10 aromatic rings. The molecule has 0 unspecified atom stereocenters. The van der Waals surface area contributed by atoms with Gasteiger partial charge in [-0.15, -0.1) is 22.7 Å². The Balaban J connectivity index is 1.11. The van der Waals surface area contributed by atoms with Gasteiger partial charge in [0.05, 0.1) is 21.3 Å².